The SMILES string of the molecule is C#CCC(=O)NCC[C@H]1CCCN1. The van der Waals surface area contributed by atoms with E-state index >= 15 is 0 Å². The Kier molecular flexibility index (Phi) is 4.34. The minimum absolute atomic E-state index is 0.0412. The Morgan fingerprint density at radius 2 is 2.54 bits per heavy atom. The van der Waals surface area contributed by atoms with Crippen molar-refractivity contribution in [3.05, 3.63) is 0 Å². The van der Waals surface area contributed by atoms with Crippen molar-refractivity contribution in [3.8, 4) is 12.3 Å². The molecule has 13 heavy (non-hydrogen) atoms. The Labute approximate surface area is 79.3 Å². The first kappa shape index (κ1) is 10.1. The van der Waals surface area contributed by atoms with Gasteiger partial charge < -0.3 is 10.6 Å². The number of nitrogens with one attached hydrogen (secondary N) is 2. The molecule has 1 aliphatic heterocycles. The van der Waals surface area contributed by atoms with Crippen LogP contribution in [-0.4, -0.2) is 25.0 Å². The van der Waals surface area contributed by atoms with E-state index in [2.05, 4.69) is 16.6 Å². The molecule has 0 saturated carbocycles. The van der Waals surface area contributed by atoms with Gasteiger partial charge in [-0.3, -0.25) is 4.79 Å². The molecule has 1 saturated heterocycles. The van der Waals surface area contributed by atoms with E-state index in [4.69, 9.17) is 6.42 Å². The van der Waals surface area contributed by atoms with Crippen molar-refractivity contribution in [2.24, 2.45) is 0 Å². The smallest absolute Gasteiger partial charge is 0.232 e. The second kappa shape index (κ2) is 5.60. The Hall–Kier alpha value is -1.01. The maximum Gasteiger partial charge on any atom is 0.232 e. The number of carbonyl (C=O) groups is 1. The first-order valence-corrected chi connectivity index (χ1v) is 4.76. The molecule has 0 spiro atoms. The number of terminal acetylenes is 1. The summed E-state index contributed by atoms with van der Waals surface area (Å²) >= 11 is 0. The fraction of sp³-hybridized carbons (Fsp3) is 0.700. The van der Waals surface area contributed by atoms with Gasteiger partial charge in [-0.15, -0.1) is 6.42 Å². The lowest BCUT2D eigenvalue weighted by Gasteiger charge is -2.09. The van der Waals surface area contributed by atoms with Crippen LogP contribution in [0.15, 0.2) is 0 Å². The average molecular weight is 180 g/mol. The molecule has 72 valence electrons. The van der Waals surface area contributed by atoms with Gasteiger partial charge in [-0.1, -0.05) is 5.92 Å². The van der Waals surface area contributed by atoms with Crippen molar-refractivity contribution in [2.45, 2.75) is 31.7 Å². The van der Waals surface area contributed by atoms with Gasteiger partial charge in [0.15, 0.2) is 0 Å². The van der Waals surface area contributed by atoms with Gasteiger partial charge in [0.05, 0.1) is 6.42 Å². The molecule has 0 radical (unpaired) electrons. The second-order valence-corrected chi connectivity index (χ2v) is 3.31. The lowest BCUT2D eigenvalue weighted by atomic mass is 10.1. The molecule has 1 fully saturated rings. The molecule has 3 heteroatoms. The molecule has 0 aromatic rings. The normalized spacial score (nSPS) is 21.0. The maximum atomic E-state index is 10.9. The van der Waals surface area contributed by atoms with Crippen molar-refractivity contribution in [1.82, 2.24) is 10.6 Å². The highest BCUT2D eigenvalue weighted by Gasteiger charge is 2.13. The van der Waals surface area contributed by atoms with Gasteiger partial charge in [0.1, 0.15) is 0 Å². The highest BCUT2D eigenvalue weighted by molar-refractivity contribution is 5.78. The standard InChI is InChI=1S/C10H16N2O/c1-2-4-10(13)12-8-6-9-5-3-7-11-9/h1,9,11H,3-8H2,(H,12,13)/t9-/m1/s1. The van der Waals surface area contributed by atoms with Crippen LogP contribution in [0.4, 0.5) is 0 Å². The molecule has 1 atom stereocenters. The third-order valence-electron chi connectivity index (χ3n) is 2.24. The Bertz CT molecular complexity index is 201. The van der Waals surface area contributed by atoms with E-state index in [0.717, 1.165) is 19.5 Å². The van der Waals surface area contributed by atoms with Gasteiger partial charge >= 0.3 is 0 Å². The average Bonchev–Trinajstić information content (AvgIpc) is 2.57. The molecule has 1 rings (SSSR count). The summed E-state index contributed by atoms with van der Waals surface area (Å²) in [5.41, 5.74) is 0. The highest BCUT2D eigenvalue weighted by atomic mass is 16.1. The van der Waals surface area contributed by atoms with E-state index in [-0.39, 0.29) is 12.3 Å². The minimum atomic E-state index is -0.0412. The first-order valence-electron chi connectivity index (χ1n) is 4.76. The van der Waals surface area contributed by atoms with E-state index in [1.807, 2.05) is 0 Å². The van der Waals surface area contributed by atoms with Gasteiger partial charge in [0.25, 0.3) is 0 Å². The molecule has 0 aromatic carbocycles. The van der Waals surface area contributed by atoms with E-state index in [0.29, 0.717) is 6.04 Å². The quantitative estimate of drug-likeness (QED) is 0.610. The fourth-order valence-corrected chi connectivity index (χ4v) is 1.54. The van der Waals surface area contributed by atoms with Crippen LogP contribution in [0.2, 0.25) is 0 Å². The molecule has 1 aliphatic rings. The van der Waals surface area contributed by atoms with Crippen molar-refractivity contribution in [3.63, 3.8) is 0 Å². The van der Waals surface area contributed by atoms with Crippen LogP contribution >= 0.6 is 0 Å². The predicted molar refractivity (Wildman–Crippen MR) is 52.1 cm³/mol. The van der Waals surface area contributed by atoms with Gasteiger partial charge in [-0.25, -0.2) is 0 Å². The predicted octanol–water partition coefficient (Wildman–Crippen LogP) is 0.268. The highest BCUT2D eigenvalue weighted by Crippen LogP contribution is 2.07. The minimum Gasteiger partial charge on any atom is -0.355 e. The summed E-state index contributed by atoms with van der Waals surface area (Å²) in [4.78, 5) is 10.9. The lowest BCUT2D eigenvalue weighted by Crippen LogP contribution is -2.30. The van der Waals surface area contributed by atoms with Crippen LogP contribution in [0.5, 0.6) is 0 Å². The lowest BCUT2D eigenvalue weighted by molar-refractivity contribution is -0.120. The van der Waals surface area contributed by atoms with Crippen LogP contribution in [0.3, 0.4) is 0 Å². The molecular formula is C10H16N2O. The van der Waals surface area contributed by atoms with Crippen molar-refractivity contribution in [1.29, 1.82) is 0 Å². The Morgan fingerprint density at radius 1 is 1.69 bits per heavy atom. The van der Waals surface area contributed by atoms with E-state index < -0.39 is 0 Å². The monoisotopic (exact) mass is 180 g/mol. The van der Waals surface area contributed by atoms with Crippen molar-refractivity contribution in [2.75, 3.05) is 13.1 Å². The fourth-order valence-electron chi connectivity index (χ4n) is 1.54. The number of hydrogen-bond acceptors (Lipinski definition) is 2. The van der Waals surface area contributed by atoms with Gasteiger partial charge in [0.2, 0.25) is 5.91 Å². The molecule has 0 unspecified atom stereocenters. The summed E-state index contributed by atoms with van der Waals surface area (Å²) < 4.78 is 0. The summed E-state index contributed by atoms with van der Waals surface area (Å²) in [6, 6.07) is 0.589. The third kappa shape index (κ3) is 3.95. The Balaban J connectivity index is 2.00. The Morgan fingerprint density at radius 3 is 3.15 bits per heavy atom. The number of hydrogen-bond donors (Lipinski definition) is 2. The van der Waals surface area contributed by atoms with Gasteiger partial charge in [-0.2, -0.15) is 0 Å². The van der Waals surface area contributed by atoms with E-state index in [1.54, 1.807) is 0 Å². The van der Waals surface area contributed by atoms with Crippen molar-refractivity contribution < 1.29 is 4.79 Å². The molecular weight excluding hydrogens is 164 g/mol. The molecule has 0 aromatic heterocycles. The molecule has 0 bridgehead atoms. The summed E-state index contributed by atoms with van der Waals surface area (Å²) in [5.74, 6) is 2.28. The number of amides is 1. The first-order chi connectivity index (χ1) is 6.33. The molecule has 1 heterocycles. The molecule has 3 nitrogen and oxygen atoms in total. The summed E-state index contributed by atoms with van der Waals surface area (Å²) in [6.45, 7) is 1.85. The summed E-state index contributed by atoms with van der Waals surface area (Å²) in [7, 11) is 0. The maximum absolute atomic E-state index is 10.9. The number of carbonyl (C=O) groups excluding carboxylic acids is 1. The van der Waals surface area contributed by atoms with Crippen LogP contribution in [-0.2, 0) is 4.79 Å². The van der Waals surface area contributed by atoms with Crippen LogP contribution < -0.4 is 10.6 Å². The third-order valence-corrected chi connectivity index (χ3v) is 2.24. The van der Waals surface area contributed by atoms with Crippen LogP contribution in [0.25, 0.3) is 0 Å². The van der Waals surface area contributed by atoms with Crippen molar-refractivity contribution >= 4 is 5.91 Å². The summed E-state index contributed by atoms with van der Waals surface area (Å²) in [5, 5.41) is 6.16. The van der Waals surface area contributed by atoms with Crippen LogP contribution in [0, 0.1) is 12.3 Å². The number of rotatable bonds is 4. The molecule has 1 amide bonds. The zero-order valence-corrected chi connectivity index (χ0v) is 7.81. The topological polar surface area (TPSA) is 41.1 Å². The van der Waals surface area contributed by atoms with E-state index in [9.17, 15) is 4.79 Å². The largest absolute Gasteiger partial charge is 0.355 e. The zero-order chi connectivity index (χ0) is 9.52. The molecule has 2 N–H and O–H groups in total. The van der Waals surface area contributed by atoms with Gasteiger partial charge in [0, 0.05) is 12.6 Å². The van der Waals surface area contributed by atoms with E-state index in [1.165, 1.54) is 12.8 Å². The zero-order valence-electron chi connectivity index (χ0n) is 7.81. The second-order valence-electron chi connectivity index (χ2n) is 3.31. The van der Waals surface area contributed by atoms with Crippen LogP contribution in [0.1, 0.15) is 25.7 Å². The molecule has 0 aliphatic carbocycles. The van der Waals surface area contributed by atoms with Gasteiger partial charge in [-0.05, 0) is 25.8 Å². The summed E-state index contributed by atoms with van der Waals surface area (Å²) in [6.07, 6.45) is 8.68.